The Morgan fingerprint density at radius 2 is 1.60 bits per heavy atom. The predicted octanol–water partition coefficient (Wildman–Crippen LogP) is 2.73. The zero-order valence-corrected chi connectivity index (χ0v) is 17.1. The maximum atomic E-state index is 13.4. The van der Waals surface area contributed by atoms with Gasteiger partial charge in [-0.05, 0) is 36.6 Å². The van der Waals surface area contributed by atoms with E-state index in [0.29, 0.717) is 50.9 Å². The number of hydrogen-bond acceptors (Lipinski definition) is 4. The summed E-state index contributed by atoms with van der Waals surface area (Å²) in [4.78, 5) is 18.8. The Kier molecular flexibility index (Phi) is 6.47. The van der Waals surface area contributed by atoms with Gasteiger partial charge in [-0.25, -0.2) is 8.78 Å². The first-order valence-electron chi connectivity index (χ1n) is 10.6. The van der Waals surface area contributed by atoms with E-state index in [-0.39, 0.29) is 5.91 Å². The molecule has 2 heterocycles. The molecule has 0 aromatic heterocycles. The molecule has 0 bridgehead atoms. The number of nitrogens with zero attached hydrogens (tertiary/aromatic N) is 3. The fraction of sp³-hybridized carbons (Fsp3) is 0.435. The summed E-state index contributed by atoms with van der Waals surface area (Å²) in [5, 5.41) is 3.08. The second kappa shape index (κ2) is 9.43. The predicted molar refractivity (Wildman–Crippen MR) is 115 cm³/mol. The SMILES string of the molecule is O=C(CN1CCN(c2cc(F)cc(F)c2)CC1)NC[C@H]1CCN(c2ccccc2)C1. The van der Waals surface area contributed by atoms with Gasteiger partial charge in [0.15, 0.2) is 0 Å². The number of carbonyl (C=O) groups is 1. The van der Waals surface area contributed by atoms with Crippen molar-refractivity contribution < 1.29 is 13.6 Å². The van der Waals surface area contributed by atoms with E-state index in [1.54, 1.807) is 0 Å². The molecule has 0 radical (unpaired) electrons. The third-order valence-corrected chi connectivity index (χ3v) is 5.95. The maximum absolute atomic E-state index is 13.4. The summed E-state index contributed by atoms with van der Waals surface area (Å²) in [5.74, 6) is -0.624. The smallest absolute Gasteiger partial charge is 0.234 e. The Hall–Kier alpha value is -2.67. The van der Waals surface area contributed by atoms with Crippen molar-refractivity contribution in [2.75, 3.05) is 62.2 Å². The molecule has 2 aromatic rings. The number of amides is 1. The van der Waals surface area contributed by atoms with Gasteiger partial charge in [-0.3, -0.25) is 9.69 Å². The van der Waals surface area contributed by atoms with E-state index in [9.17, 15) is 13.6 Å². The summed E-state index contributed by atoms with van der Waals surface area (Å²) in [6.07, 6.45) is 1.08. The molecule has 0 aliphatic carbocycles. The molecular weight excluding hydrogens is 386 g/mol. The highest BCUT2D eigenvalue weighted by molar-refractivity contribution is 5.78. The minimum atomic E-state index is -0.565. The lowest BCUT2D eigenvalue weighted by molar-refractivity contribution is -0.122. The van der Waals surface area contributed by atoms with Gasteiger partial charge in [-0.2, -0.15) is 0 Å². The molecule has 2 saturated heterocycles. The van der Waals surface area contributed by atoms with Crippen LogP contribution < -0.4 is 15.1 Å². The summed E-state index contributed by atoms with van der Waals surface area (Å²) in [6, 6.07) is 14.0. The van der Waals surface area contributed by atoms with E-state index in [2.05, 4.69) is 39.4 Å². The first-order valence-corrected chi connectivity index (χ1v) is 10.6. The van der Waals surface area contributed by atoms with Gasteiger partial charge in [0.2, 0.25) is 5.91 Å². The van der Waals surface area contributed by atoms with Crippen LogP contribution in [-0.4, -0.2) is 63.2 Å². The Morgan fingerprint density at radius 1 is 0.900 bits per heavy atom. The van der Waals surface area contributed by atoms with E-state index in [4.69, 9.17) is 0 Å². The Morgan fingerprint density at radius 3 is 2.30 bits per heavy atom. The van der Waals surface area contributed by atoms with Crippen molar-refractivity contribution in [2.45, 2.75) is 6.42 Å². The van der Waals surface area contributed by atoms with Crippen LogP contribution in [0.2, 0.25) is 0 Å². The zero-order valence-electron chi connectivity index (χ0n) is 17.1. The molecule has 2 aliphatic rings. The summed E-state index contributed by atoms with van der Waals surface area (Å²) < 4.78 is 26.9. The van der Waals surface area contributed by atoms with E-state index < -0.39 is 11.6 Å². The van der Waals surface area contributed by atoms with Gasteiger partial charge < -0.3 is 15.1 Å². The normalized spacial score (nSPS) is 19.9. The number of piperazine rings is 1. The van der Waals surface area contributed by atoms with Gasteiger partial charge in [0, 0.05) is 63.3 Å². The van der Waals surface area contributed by atoms with Gasteiger partial charge in [0.1, 0.15) is 11.6 Å². The van der Waals surface area contributed by atoms with Gasteiger partial charge in [0.25, 0.3) is 0 Å². The Balaban J connectivity index is 1.18. The fourth-order valence-electron chi connectivity index (χ4n) is 4.28. The summed E-state index contributed by atoms with van der Waals surface area (Å²) in [7, 11) is 0. The van der Waals surface area contributed by atoms with Crippen molar-refractivity contribution in [3.8, 4) is 0 Å². The lowest BCUT2D eigenvalue weighted by Gasteiger charge is -2.35. The number of anilines is 2. The molecule has 2 aromatic carbocycles. The van der Waals surface area contributed by atoms with E-state index >= 15 is 0 Å². The van der Waals surface area contributed by atoms with Crippen LogP contribution in [0.25, 0.3) is 0 Å². The van der Waals surface area contributed by atoms with Crippen LogP contribution in [0.15, 0.2) is 48.5 Å². The monoisotopic (exact) mass is 414 g/mol. The first-order chi connectivity index (χ1) is 14.6. The minimum Gasteiger partial charge on any atom is -0.371 e. The quantitative estimate of drug-likeness (QED) is 0.789. The maximum Gasteiger partial charge on any atom is 0.234 e. The van der Waals surface area contributed by atoms with Gasteiger partial charge >= 0.3 is 0 Å². The van der Waals surface area contributed by atoms with Crippen LogP contribution in [0.4, 0.5) is 20.2 Å². The molecule has 30 heavy (non-hydrogen) atoms. The molecule has 1 amide bonds. The molecule has 1 atom stereocenters. The molecule has 4 rings (SSSR count). The number of rotatable bonds is 6. The molecule has 1 N–H and O–H groups in total. The molecule has 2 fully saturated rings. The molecule has 7 heteroatoms. The van der Waals surface area contributed by atoms with Crippen molar-refractivity contribution in [2.24, 2.45) is 5.92 Å². The number of halogens is 2. The highest BCUT2D eigenvalue weighted by atomic mass is 19.1. The summed E-state index contributed by atoms with van der Waals surface area (Å²) in [6.45, 7) is 5.72. The minimum absolute atomic E-state index is 0.0402. The average Bonchev–Trinajstić information content (AvgIpc) is 3.22. The fourth-order valence-corrected chi connectivity index (χ4v) is 4.28. The number of hydrogen-bond donors (Lipinski definition) is 1. The largest absolute Gasteiger partial charge is 0.371 e. The second-order valence-corrected chi connectivity index (χ2v) is 8.13. The van der Waals surface area contributed by atoms with E-state index in [0.717, 1.165) is 25.6 Å². The number of benzene rings is 2. The molecule has 5 nitrogen and oxygen atoms in total. The third kappa shape index (κ3) is 5.27. The first kappa shape index (κ1) is 20.6. The van der Waals surface area contributed by atoms with Crippen LogP contribution in [0, 0.1) is 17.6 Å². The molecule has 0 spiro atoms. The van der Waals surface area contributed by atoms with Crippen molar-refractivity contribution in [1.82, 2.24) is 10.2 Å². The standard InChI is InChI=1S/C23H28F2N4O/c24-19-12-20(25)14-22(13-19)28-10-8-27(9-11-28)17-23(30)26-15-18-6-7-29(16-18)21-4-2-1-3-5-21/h1-5,12-14,18H,6-11,15-17H2,(H,26,30)/t18-/m1/s1. The van der Waals surface area contributed by atoms with Crippen LogP contribution in [0.3, 0.4) is 0 Å². The molecular formula is C23H28F2N4O. The lowest BCUT2D eigenvalue weighted by Crippen LogP contribution is -2.50. The van der Waals surface area contributed by atoms with Crippen molar-refractivity contribution in [3.63, 3.8) is 0 Å². The summed E-state index contributed by atoms with van der Waals surface area (Å²) >= 11 is 0. The summed E-state index contributed by atoms with van der Waals surface area (Å²) in [5.41, 5.74) is 1.79. The third-order valence-electron chi connectivity index (χ3n) is 5.95. The van der Waals surface area contributed by atoms with Crippen LogP contribution in [-0.2, 0) is 4.79 Å². The van der Waals surface area contributed by atoms with Crippen LogP contribution in [0.1, 0.15) is 6.42 Å². The topological polar surface area (TPSA) is 38.8 Å². The molecule has 160 valence electrons. The molecule has 0 unspecified atom stereocenters. The van der Waals surface area contributed by atoms with Crippen LogP contribution >= 0.6 is 0 Å². The van der Waals surface area contributed by atoms with Gasteiger partial charge in [0.05, 0.1) is 6.54 Å². The Labute approximate surface area is 176 Å². The van der Waals surface area contributed by atoms with Crippen LogP contribution in [0.5, 0.6) is 0 Å². The average molecular weight is 415 g/mol. The van der Waals surface area contributed by atoms with Crippen molar-refractivity contribution in [1.29, 1.82) is 0 Å². The molecule has 2 aliphatic heterocycles. The van der Waals surface area contributed by atoms with E-state index in [1.165, 1.54) is 17.8 Å². The van der Waals surface area contributed by atoms with E-state index in [1.807, 2.05) is 11.0 Å². The van der Waals surface area contributed by atoms with Crippen molar-refractivity contribution in [3.05, 3.63) is 60.2 Å². The highest BCUT2D eigenvalue weighted by Gasteiger charge is 2.24. The van der Waals surface area contributed by atoms with Gasteiger partial charge in [-0.15, -0.1) is 0 Å². The lowest BCUT2D eigenvalue weighted by atomic mass is 10.1. The second-order valence-electron chi connectivity index (χ2n) is 8.13. The van der Waals surface area contributed by atoms with Crippen molar-refractivity contribution >= 4 is 17.3 Å². The number of para-hydroxylation sites is 1. The van der Waals surface area contributed by atoms with Gasteiger partial charge in [-0.1, -0.05) is 18.2 Å². The number of nitrogens with one attached hydrogen (secondary N) is 1. The molecule has 0 saturated carbocycles. The highest BCUT2D eigenvalue weighted by Crippen LogP contribution is 2.23. The number of carbonyl (C=O) groups excluding carboxylic acids is 1. The Bertz CT molecular complexity index is 835. The zero-order chi connectivity index (χ0) is 20.9.